The summed E-state index contributed by atoms with van der Waals surface area (Å²) < 4.78 is 26.2. The molecule has 1 heterocycles. The molecule has 0 spiro atoms. The fourth-order valence-corrected chi connectivity index (χ4v) is 4.03. The summed E-state index contributed by atoms with van der Waals surface area (Å²) in [6.45, 7) is 5.94. The van der Waals surface area contributed by atoms with Crippen molar-refractivity contribution in [1.29, 1.82) is 0 Å². The third-order valence-corrected chi connectivity index (χ3v) is 6.36. The molecule has 0 aromatic heterocycles. The molecule has 1 fully saturated rings. The third-order valence-electron chi connectivity index (χ3n) is 4.31. The second-order valence-corrected chi connectivity index (χ2v) is 8.15. The molecule has 0 saturated carbocycles. The maximum Gasteiger partial charge on any atom is 0.243 e. The molecule has 5 heteroatoms. The van der Waals surface area contributed by atoms with Crippen LogP contribution in [0.3, 0.4) is 0 Å². The monoisotopic (exact) mass is 310 g/mol. The Kier molecular flexibility index (Phi) is 5.41. The first-order chi connectivity index (χ1) is 9.91. The fraction of sp³-hybridized carbons (Fsp3) is 0.625. The number of rotatable bonds is 5. The molecule has 0 bridgehead atoms. The average molecular weight is 310 g/mol. The van der Waals surface area contributed by atoms with Crippen LogP contribution in [-0.4, -0.2) is 38.9 Å². The summed E-state index contributed by atoms with van der Waals surface area (Å²) in [5.41, 5.74) is 1.23. The van der Waals surface area contributed by atoms with E-state index in [0.717, 1.165) is 19.5 Å². The van der Waals surface area contributed by atoms with Crippen molar-refractivity contribution in [1.82, 2.24) is 9.62 Å². The zero-order valence-corrected chi connectivity index (χ0v) is 14.0. The minimum Gasteiger partial charge on any atom is -0.317 e. The highest BCUT2D eigenvalue weighted by Gasteiger charge is 2.23. The van der Waals surface area contributed by atoms with Crippen LogP contribution in [0.25, 0.3) is 0 Å². The number of piperidine rings is 1. The number of hydrogen-bond donors (Lipinski definition) is 1. The molecule has 1 aromatic carbocycles. The summed E-state index contributed by atoms with van der Waals surface area (Å²) >= 11 is 0. The van der Waals surface area contributed by atoms with Gasteiger partial charge in [0, 0.05) is 13.1 Å². The second kappa shape index (κ2) is 6.90. The van der Waals surface area contributed by atoms with Crippen LogP contribution in [0.4, 0.5) is 0 Å². The normalized spacial score (nSPS) is 17.6. The molecular formula is C16H26N2O2S. The van der Waals surface area contributed by atoms with Crippen LogP contribution in [0, 0.1) is 5.92 Å². The summed E-state index contributed by atoms with van der Waals surface area (Å²) in [5, 5.41) is 3.37. The zero-order chi connectivity index (χ0) is 15.5. The van der Waals surface area contributed by atoms with Crippen LogP contribution in [0.15, 0.2) is 29.2 Å². The number of nitrogens with one attached hydrogen (secondary N) is 1. The largest absolute Gasteiger partial charge is 0.317 e. The lowest BCUT2D eigenvalue weighted by molar-refractivity contribution is 0.372. The number of hydrogen-bond acceptors (Lipinski definition) is 3. The maximum atomic E-state index is 12.4. The molecule has 0 aliphatic carbocycles. The van der Waals surface area contributed by atoms with Crippen LogP contribution in [-0.2, 0) is 16.4 Å². The SMILES string of the molecule is CC(C)N(C)S(=O)(=O)c1ccc(CC2CCNCC2)cc1. The third kappa shape index (κ3) is 4.05. The molecule has 1 N–H and O–H groups in total. The van der Waals surface area contributed by atoms with Gasteiger partial charge in [0.25, 0.3) is 0 Å². The van der Waals surface area contributed by atoms with Crippen LogP contribution in [0.1, 0.15) is 32.3 Å². The molecule has 21 heavy (non-hydrogen) atoms. The Morgan fingerprint density at radius 3 is 2.29 bits per heavy atom. The van der Waals surface area contributed by atoms with Crippen molar-refractivity contribution < 1.29 is 8.42 Å². The number of sulfonamides is 1. The molecule has 1 saturated heterocycles. The summed E-state index contributed by atoms with van der Waals surface area (Å²) in [7, 11) is -1.74. The highest BCUT2D eigenvalue weighted by atomic mass is 32.2. The van der Waals surface area contributed by atoms with Gasteiger partial charge in [0.15, 0.2) is 0 Å². The van der Waals surface area contributed by atoms with Gasteiger partial charge in [-0.2, -0.15) is 4.31 Å². The second-order valence-electron chi connectivity index (χ2n) is 6.16. The zero-order valence-electron chi connectivity index (χ0n) is 13.2. The van der Waals surface area contributed by atoms with E-state index in [2.05, 4.69) is 5.32 Å². The van der Waals surface area contributed by atoms with Crippen LogP contribution >= 0.6 is 0 Å². The lowest BCUT2D eigenvalue weighted by Gasteiger charge is -2.23. The molecular weight excluding hydrogens is 284 g/mol. The van der Waals surface area contributed by atoms with Gasteiger partial charge in [-0.15, -0.1) is 0 Å². The summed E-state index contributed by atoms with van der Waals surface area (Å²) in [5.74, 6) is 0.715. The van der Waals surface area contributed by atoms with Crippen LogP contribution in [0.2, 0.25) is 0 Å². The Labute approximate surface area is 128 Å². The van der Waals surface area contributed by atoms with Gasteiger partial charge in [-0.25, -0.2) is 8.42 Å². The molecule has 1 aliphatic rings. The Bertz CT molecular complexity index is 546. The highest BCUT2D eigenvalue weighted by molar-refractivity contribution is 7.89. The number of nitrogens with zero attached hydrogens (tertiary/aromatic N) is 1. The molecule has 1 aliphatic heterocycles. The topological polar surface area (TPSA) is 49.4 Å². The number of benzene rings is 1. The predicted molar refractivity (Wildman–Crippen MR) is 85.8 cm³/mol. The average Bonchev–Trinajstić information content (AvgIpc) is 2.48. The van der Waals surface area contributed by atoms with Gasteiger partial charge in [0.05, 0.1) is 4.90 Å². The van der Waals surface area contributed by atoms with E-state index >= 15 is 0 Å². The highest BCUT2D eigenvalue weighted by Crippen LogP contribution is 2.21. The van der Waals surface area contributed by atoms with Gasteiger partial charge in [0.1, 0.15) is 0 Å². The van der Waals surface area contributed by atoms with Crippen molar-refractivity contribution >= 4 is 10.0 Å². The summed E-state index contributed by atoms with van der Waals surface area (Å²) in [6.07, 6.45) is 3.45. The lowest BCUT2D eigenvalue weighted by Crippen LogP contribution is -2.33. The standard InChI is InChI=1S/C16H26N2O2S/c1-13(2)18(3)21(19,20)16-6-4-14(5-7-16)12-15-8-10-17-11-9-15/h4-7,13,15,17H,8-12H2,1-3H3. The van der Waals surface area contributed by atoms with Gasteiger partial charge >= 0.3 is 0 Å². The van der Waals surface area contributed by atoms with E-state index in [9.17, 15) is 8.42 Å². The first-order valence-corrected chi connectivity index (χ1v) is 9.13. The molecule has 2 rings (SSSR count). The minimum absolute atomic E-state index is 0.0376. The van der Waals surface area contributed by atoms with Crippen molar-refractivity contribution in [2.24, 2.45) is 5.92 Å². The van der Waals surface area contributed by atoms with Gasteiger partial charge in [-0.3, -0.25) is 0 Å². The molecule has 0 radical (unpaired) electrons. The molecule has 0 amide bonds. The fourth-order valence-electron chi connectivity index (χ4n) is 2.66. The van der Waals surface area contributed by atoms with Crippen molar-refractivity contribution in [3.05, 3.63) is 29.8 Å². The first-order valence-electron chi connectivity index (χ1n) is 7.69. The Hall–Kier alpha value is -0.910. The molecule has 0 unspecified atom stereocenters. The van der Waals surface area contributed by atoms with Crippen molar-refractivity contribution in [2.45, 2.75) is 44.0 Å². The first kappa shape index (κ1) is 16.5. The lowest BCUT2D eigenvalue weighted by atomic mass is 9.91. The predicted octanol–water partition coefficient (Wildman–Crippen LogP) is 2.26. The van der Waals surface area contributed by atoms with Crippen molar-refractivity contribution in [3.8, 4) is 0 Å². The Morgan fingerprint density at radius 2 is 1.76 bits per heavy atom. The molecule has 118 valence electrons. The van der Waals surface area contributed by atoms with Crippen LogP contribution < -0.4 is 5.32 Å². The quantitative estimate of drug-likeness (QED) is 0.907. The minimum atomic E-state index is -3.36. The van der Waals surface area contributed by atoms with Crippen molar-refractivity contribution in [3.63, 3.8) is 0 Å². The smallest absolute Gasteiger partial charge is 0.243 e. The summed E-state index contributed by atoms with van der Waals surface area (Å²) in [4.78, 5) is 0.382. The van der Waals surface area contributed by atoms with E-state index in [1.807, 2.05) is 26.0 Å². The van der Waals surface area contributed by atoms with Crippen LogP contribution in [0.5, 0.6) is 0 Å². The van der Waals surface area contributed by atoms with Gasteiger partial charge in [-0.1, -0.05) is 12.1 Å². The molecule has 4 nitrogen and oxygen atoms in total. The van der Waals surface area contributed by atoms with Gasteiger partial charge in [-0.05, 0) is 69.8 Å². The van der Waals surface area contributed by atoms with E-state index in [1.54, 1.807) is 19.2 Å². The maximum absolute atomic E-state index is 12.4. The van der Waals surface area contributed by atoms with Gasteiger partial charge in [0.2, 0.25) is 10.0 Å². The van der Waals surface area contributed by atoms with Gasteiger partial charge < -0.3 is 5.32 Å². The Morgan fingerprint density at radius 1 is 1.19 bits per heavy atom. The van der Waals surface area contributed by atoms with E-state index < -0.39 is 10.0 Å². The van der Waals surface area contributed by atoms with E-state index in [-0.39, 0.29) is 6.04 Å². The van der Waals surface area contributed by atoms with E-state index in [4.69, 9.17) is 0 Å². The molecule has 1 aromatic rings. The van der Waals surface area contributed by atoms with Crippen molar-refractivity contribution in [2.75, 3.05) is 20.1 Å². The molecule has 0 atom stereocenters. The Balaban J connectivity index is 2.08. The van der Waals surface area contributed by atoms with E-state index in [1.165, 1.54) is 22.7 Å². The van der Waals surface area contributed by atoms with E-state index in [0.29, 0.717) is 10.8 Å². The summed E-state index contributed by atoms with van der Waals surface area (Å²) in [6, 6.07) is 7.37.